The average Bonchev–Trinajstić information content (AvgIpc) is 2.48. The first-order valence-electron chi connectivity index (χ1n) is 4.40. The Hall–Kier alpha value is -0.170. The number of hydrogen-bond acceptors (Lipinski definition) is 2. The zero-order chi connectivity index (χ0) is 10.8. The third-order valence-corrected chi connectivity index (χ3v) is 3.34. The van der Waals surface area contributed by atoms with Crippen LogP contribution in [-0.4, -0.2) is 14.8 Å². The molecular formula is C9H14IN3S. The smallest absolute Gasteiger partial charge is 0.0785 e. The second-order valence-corrected chi connectivity index (χ2v) is 5.61. The molecule has 3 nitrogen and oxygen atoms in total. The Kier molecular flexibility index (Phi) is 3.88. The monoisotopic (exact) mass is 323 g/mol. The van der Waals surface area contributed by atoms with Gasteiger partial charge in [0.1, 0.15) is 0 Å². The highest BCUT2D eigenvalue weighted by Gasteiger charge is 2.20. The van der Waals surface area contributed by atoms with Gasteiger partial charge in [-0.25, -0.2) is 0 Å². The van der Waals surface area contributed by atoms with Gasteiger partial charge in [0.15, 0.2) is 0 Å². The van der Waals surface area contributed by atoms with Gasteiger partial charge >= 0.3 is 0 Å². The number of rotatable bonds is 4. The number of nitrogens with two attached hydrogens (primary N) is 1. The quantitative estimate of drug-likeness (QED) is 0.682. The molecule has 0 spiro atoms. The van der Waals surface area contributed by atoms with E-state index in [9.17, 15) is 0 Å². The van der Waals surface area contributed by atoms with Gasteiger partial charge in [0.05, 0.1) is 14.8 Å². The molecule has 1 aromatic heterocycles. The molecule has 0 atom stereocenters. The minimum absolute atomic E-state index is 0.0906. The van der Waals surface area contributed by atoms with Gasteiger partial charge in [-0.1, -0.05) is 26.1 Å². The Labute approximate surface area is 103 Å². The Bertz CT molecular complexity index is 333. The summed E-state index contributed by atoms with van der Waals surface area (Å²) in [5, 5.41) is 4.20. The largest absolute Gasteiger partial charge is 0.393 e. The fraction of sp³-hybridized carbons (Fsp3) is 0.556. The van der Waals surface area contributed by atoms with E-state index < -0.39 is 0 Å². The maximum atomic E-state index is 5.64. The first-order chi connectivity index (χ1) is 6.42. The van der Waals surface area contributed by atoms with Gasteiger partial charge in [-0.15, -0.1) is 0 Å². The molecular weight excluding hydrogens is 309 g/mol. The van der Waals surface area contributed by atoms with Crippen molar-refractivity contribution in [3.63, 3.8) is 0 Å². The standard InChI is InChI=1S/C9H14IN3S/c1-9(2,8(11)14)3-4-13-6-7(10)5-12-13/h5-6H,3-4H2,1-2H3,(H2,11,14). The highest BCUT2D eigenvalue weighted by Crippen LogP contribution is 2.21. The molecule has 0 bridgehead atoms. The molecule has 78 valence electrons. The molecule has 14 heavy (non-hydrogen) atoms. The van der Waals surface area contributed by atoms with Crippen LogP contribution in [-0.2, 0) is 6.54 Å². The van der Waals surface area contributed by atoms with Crippen LogP contribution in [0.5, 0.6) is 0 Å². The van der Waals surface area contributed by atoms with Crippen molar-refractivity contribution in [3.8, 4) is 0 Å². The van der Waals surface area contributed by atoms with Crippen LogP contribution in [0.1, 0.15) is 20.3 Å². The SMILES string of the molecule is CC(C)(CCn1cc(I)cn1)C(N)=S. The molecule has 0 radical (unpaired) electrons. The van der Waals surface area contributed by atoms with E-state index in [-0.39, 0.29) is 5.41 Å². The van der Waals surface area contributed by atoms with Gasteiger partial charge in [-0.05, 0) is 29.0 Å². The van der Waals surface area contributed by atoms with Crippen LogP contribution in [0.2, 0.25) is 0 Å². The van der Waals surface area contributed by atoms with Crippen LogP contribution in [0.15, 0.2) is 12.4 Å². The van der Waals surface area contributed by atoms with E-state index in [2.05, 4.69) is 41.5 Å². The van der Waals surface area contributed by atoms with Gasteiger partial charge in [0.2, 0.25) is 0 Å². The van der Waals surface area contributed by atoms with Crippen molar-refractivity contribution in [2.24, 2.45) is 11.1 Å². The molecule has 0 aliphatic rings. The van der Waals surface area contributed by atoms with Crippen LogP contribution in [0, 0.1) is 8.99 Å². The van der Waals surface area contributed by atoms with Gasteiger partial charge in [0.25, 0.3) is 0 Å². The first kappa shape index (κ1) is 11.9. The topological polar surface area (TPSA) is 43.8 Å². The minimum atomic E-state index is -0.0906. The van der Waals surface area contributed by atoms with E-state index in [1.165, 1.54) is 0 Å². The lowest BCUT2D eigenvalue weighted by Crippen LogP contribution is -2.30. The number of nitrogens with zero attached hydrogens (tertiary/aromatic N) is 2. The van der Waals surface area contributed by atoms with E-state index in [1.807, 2.05) is 17.1 Å². The highest BCUT2D eigenvalue weighted by molar-refractivity contribution is 14.1. The van der Waals surface area contributed by atoms with Crippen molar-refractivity contribution >= 4 is 39.8 Å². The molecule has 0 aliphatic heterocycles. The van der Waals surface area contributed by atoms with Gasteiger partial charge < -0.3 is 5.73 Å². The Balaban J connectivity index is 2.52. The van der Waals surface area contributed by atoms with E-state index in [0.29, 0.717) is 4.99 Å². The van der Waals surface area contributed by atoms with Crippen molar-refractivity contribution in [2.75, 3.05) is 0 Å². The molecule has 1 heterocycles. The second kappa shape index (κ2) is 4.57. The molecule has 5 heteroatoms. The fourth-order valence-corrected chi connectivity index (χ4v) is 1.53. The van der Waals surface area contributed by atoms with Crippen LogP contribution < -0.4 is 5.73 Å². The maximum Gasteiger partial charge on any atom is 0.0785 e. The summed E-state index contributed by atoms with van der Waals surface area (Å²) in [5.74, 6) is 0. The van der Waals surface area contributed by atoms with Gasteiger partial charge in [0, 0.05) is 18.2 Å². The van der Waals surface area contributed by atoms with Crippen molar-refractivity contribution in [2.45, 2.75) is 26.8 Å². The number of aromatic nitrogens is 2. The number of thiocarbonyl (C=S) groups is 1. The summed E-state index contributed by atoms with van der Waals surface area (Å²) in [7, 11) is 0. The second-order valence-electron chi connectivity index (χ2n) is 3.92. The predicted octanol–water partition coefficient (Wildman–Crippen LogP) is 2.19. The van der Waals surface area contributed by atoms with Gasteiger partial charge in [-0.2, -0.15) is 5.10 Å². The van der Waals surface area contributed by atoms with Crippen molar-refractivity contribution in [3.05, 3.63) is 16.0 Å². The molecule has 1 aromatic rings. The van der Waals surface area contributed by atoms with Crippen molar-refractivity contribution < 1.29 is 0 Å². The molecule has 0 aromatic carbocycles. The number of aryl methyl sites for hydroxylation is 1. The molecule has 2 N–H and O–H groups in total. The van der Waals surface area contributed by atoms with Crippen LogP contribution in [0.3, 0.4) is 0 Å². The molecule has 0 fully saturated rings. The van der Waals surface area contributed by atoms with Crippen LogP contribution >= 0.6 is 34.8 Å². The highest BCUT2D eigenvalue weighted by atomic mass is 127. The zero-order valence-corrected chi connectivity index (χ0v) is 11.3. The van der Waals surface area contributed by atoms with Crippen molar-refractivity contribution in [1.29, 1.82) is 0 Å². The fourth-order valence-electron chi connectivity index (χ4n) is 0.978. The van der Waals surface area contributed by atoms with Crippen LogP contribution in [0.25, 0.3) is 0 Å². The van der Waals surface area contributed by atoms with E-state index in [4.69, 9.17) is 18.0 Å². The molecule has 0 unspecified atom stereocenters. The normalized spacial score (nSPS) is 11.6. The zero-order valence-electron chi connectivity index (χ0n) is 8.33. The lowest BCUT2D eigenvalue weighted by atomic mass is 9.89. The van der Waals surface area contributed by atoms with E-state index in [0.717, 1.165) is 16.5 Å². The molecule has 1 rings (SSSR count). The Morgan fingerprint density at radius 1 is 1.71 bits per heavy atom. The summed E-state index contributed by atoms with van der Waals surface area (Å²) in [6, 6.07) is 0. The molecule has 0 amide bonds. The van der Waals surface area contributed by atoms with E-state index in [1.54, 1.807) is 0 Å². The Morgan fingerprint density at radius 2 is 2.36 bits per heavy atom. The third-order valence-electron chi connectivity index (χ3n) is 2.23. The summed E-state index contributed by atoms with van der Waals surface area (Å²) < 4.78 is 3.07. The molecule has 0 saturated carbocycles. The number of halogens is 1. The summed E-state index contributed by atoms with van der Waals surface area (Å²) in [5.41, 5.74) is 5.55. The summed E-state index contributed by atoms with van der Waals surface area (Å²) in [4.78, 5) is 0.569. The Morgan fingerprint density at radius 3 is 2.79 bits per heavy atom. The maximum absolute atomic E-state index is 5.64. The summed E-state index contributed by atoms with van der Waals surface area (Å²) in [6.45, 7) is 4.97. The van der Waals surface area contributed by atoms with Crippen LogP contribution in [0.4, 0.5) is 0 Å². The lowest BCUT2D eigenvalue weighted by Gasteiger charge is -2.22. The minimum Gasteiger partial charge on any atom is -0.393 e. The first-order valence-corrected chi connectivity index (χ1v) is 5.88. The van der Waals surface area contributed by atoms with E-state index >= 15 is 0 Å². The molecule has 0 aliphatic carbocycles. The predicted molar refractivity (Wildman–Crippen MR) is 70.1 cm³/mol. The van der Waals surface area contributed by atoms with Gasteiger partial charge in [-0.3, -0.25) is 4.68 Å². The molecule has 0 saturated heterocycles. The summed E-state index contributed by atoms with van der Waals surface area (Å²) >= 11 is 7.24. The third kappa shape index (κ3) is 3.20. The average molecular weight is 323 g/mol. The summed E-state index contributed by atoms with van der Waals surface area (Å²) in [6.07, 6.45) is 4.77. The lowest BCUT2D eigenvalue weighted by molar-refractivity contribution is 0.418. The number of hydrogen-bond donors (Lipinski definition) is 1. The van der Waals surface area contributed by atoms with Crippen molar-refractivity contribution in [1.82, 2.24) is 9.78 Å².